The molecule has 8 heteroatoms. The standard InChI is InChI=1S/C18H25N3O4.ClH/c1-24-14-5-6-15(16(9-14)25-2)21-11-12(8-17(21)22)18(23)20-7-3-4-13(20)10-19;/h5-6,9,12-13H,3-4,7-8,10-11,19H2,1-2H3;1H. The lowest BCUT2D eigenvalue weighted by atomic mass is 10.1. The molecule has 0 saturated carbocycles. The van der Waals surface area contributed by atoms with Crippen LogP contribution >= 0.6 is 12.4 Å². The van der Waals surface area contributed by atoms with Gasteiger partial charge in [-0.2, -0.15) is 0 Å². The van der Waals surface area contributed by atoms with Crippen LogP contribution in [0.1, 0.15) is 19.3 Å². The second-order valence-corrected chi connectivity index (χ2v) is 6.51. The van der Waals surface area contributed by atoms with Gasteiger partial charge in [0.15, 0.2) is 0 Å². The van der Waals surface area contributed by atoms with Gasteiger partial charge in [-0.05, 0) is 25.0 Å². The van der Waals surface area contributed by atoms with Gasteiger partial charge >= 0.3 is 0 Å². The quantitative estimate of drug-likeness (QED) is 0.831. The molecule has 1 aromatic carbocycles. The highest BCUT2D eigenvalue weighted by Gasteiger charge is 2.40. The average Bonchev–Trinajstić information content (AvgIpc) is 3.26. The molecule has 2 N–H and O–H groups in total. The second-order valence-electron chi connectivity index (χ2n) is 6.51. The van der Waals surface area contributed by atoms with Gasteiger partial charge in [0.2, 0.25) is 11.8 Å². The maximum Gasteiger partial charge on any atom is 0.228 e. The zero-order valence-electron chi connectivity index (χ0n) is 15.1. The number of likely N-dealkylation sites (tertiary alicyclic amines) is 1. The van der Waals surface area contributed by atoms with Crippen molar-refractivity contribution in [3.63, 3.8) is 0 Å². The third-order valence-electron chi connectivity index (χ3n) is 5.08. The van der Waals surface area contributed by atoms with E-state index in [1.165, 1.54) is 0 Å². The summed E-state index contributed by atoms with van der Waals surface area (Å²) in [6.07, 6.45) is 2.14. The maximum atomic E-state index is 12.8. The highest BCUT2D eigenvalue weighted by molar-refractivity contribution is 6.01. The Bertz CT molecular complexity index is 670. The molecule has 2 aliphatic heterocycles. The van der Waals surface area contributed by atoms with E-state index in [4.69, 9.17) is 15.2 Å². The van der Waals surface area contributed by atoms with Crippen molar-refractivity contribution >= 4 is 29.9 Å². The summed E-state index contributed by atoms with van der Waals surface area (Å²) in [5, 5.41) is 0. The van der Waals surface area contributed by atoms with E-state index in [0.29, 0.717) is 30.3 Å². The molecule has 2 heterocycles. The Balaban J connectivity index is 0.00000243. The molecule has 2 saturated heterocycles. The van der Waals surface area contributed by atoms with Crippen molar-refractivity contribution in [2.24, 2.45) is 11.7 Å². The predicted molar refractivity (Wildman–Crippen MR) is 101 cm³/mol. The van der Waals surface area contributed by atoms with Crippen LogP contribution < -0.4 is 20.1 Å². The van der Waals surface area contributed by atoms with Crippen LogP contribution in [0.2, 0.25) is 0 Å². The number of nitrogens with two attached hydrogens (primary N) is 1. The number of benzene rings is 1. The molecule has 2 amide bonds. The van der Waals surface area contributed by atoms with Crippen molar-refractivity contribution in [2.45, 2.75) is 25.3 Å². The molecule has 0 aliphatic carbocycles. The molecule has 2 atom stereocenters. The molecule has 2 fully saturated rings. The summed E-state index contributed by atoms with van der Waals surface area (Å²) in [5.74, 6) is 0.859. The van der Waals surface area contributed by atoms with Crippen LogP contribution in [-0.4, -0.2) is 56.6 Å². The first kappa shape index (κ1) is 20.3. The van der Waals surface area contributed by atoms with Gasteiger partial charge in [-0.3, -0.25) is 9.59 Å². The van der Waals surface area contributed by atoms with E-state index < -0.39 is 0 Å². The third-order valence-corrected chi connectivity index (χ3v) is 5.08. The van der Waals surface area contributed by atoms with Gasteiger partial charge in [-0.15, -0.1) is 12.4 Å². The Morgan fingerprint density at radius 1 is 1.31 bits per heavy atom. The molecule has 144 valence electrons. The topological polar surface area (TPSA) is 85.1 Å². The van der Waals surface area contributed by atoms with Crippen LogP contribution in [0.25, 0.3) is 0 Å². The summed E-state index contributed by atoms with van der Waals surface area (Å²) in [4.78, 5) is 28.8. The van der Waals surface area contributed by atoms with Crippen LogP contribution in [0.5, 0.6) is 11.5 Å². The SMILES string of the molecule is COc1ccc(N2CC(C(=O)N3CCCC3CN)CC2=O)c(OC)c1.Cl. The monoisotopic (exact) mass is 383 g/mol. The molecule has 26 heavy (non-hydrogen) atoms. The Morgan fingerprint density at radius 3 is 2.73 bits per heavy atom. The molecule has 7 nitrogen and oxygen atoms in total. The van der Waals surface area contributed by atoms with Crippen LogP contribution in [0.3, 0.4) is 0 Å². The Morgan fingerprint density at radius 2 is 2.08 bits per heavy atom. The van der Waals surface area contributed by atoms with Crippen molar-refractivity contribution in [3.05, 3.63) is 18.2 Å². The first-order valence-corrected chi connectivity index (χ1v) is 8.62. The highest BCUT2D eigenvalue weighted by Crippen LogP contribution is 2.36. The lowest BCUT2D eigenvalue weighted by molar-refractivity contribution is -0.136. The number of hydrogen-bond acceptors (Lipinski definition) is 5. The molecular formula is C18H26ClN3O4. The molecule has 2 aliphatic rings. The fraction of sp³-hybridized carbons (Fsp3) is 0.556. The molecule has 0 bridgehead atoms. The number of carbonyl (C=O) groups excluding carboxylic acids is 2. The minimum Gasteiger partial charge on any atom is -0.497 e. The lowest BCUT2D eigenvalue weighted by Crippen LogP contribution is -2.43. The molecule has 0 spiro atoms. The van der Waals surface area contributed by atoms with Gasteiger partial charge in [0.05, 0.1) is 25.8 Å². The van der Waals surface area contributed by atoms with Gasteiger partial charge in [0, 0.05) is 38.2 Å². The number of nitrogens with zero attached hydrogens (tertiary/aromatic N) is 2. The van der Waals surface area contributed by atoms with Crippen molar-refractivity contribution in [1.29, 1.82) is 0 Å². The fourth-order valence-electron chi connectivity index (χ4n) is 3.72. The largest absolute Gasteiger partial charge is 0.497 e. The number of ether oxygens (including phenoxy) is 2. The number of methoxy groups -OCH3 is 2. The molecule has 1 aromatic rings. The van der Waals surface area contributed by atoms with Gasteiger partial charge < -0.3 is 25.0 Å². The van der Waals surface area contributed by atoms with Gasteiger partial charge in [-0.25, -0.2) is 0 Å². The number of rotatable bonds is 5. The lowest BCUT2D eigenvalue weighted by Gasteiger charge is -2.26. The van der Waals surface area contributed by atoms with E-state index in [0.717, 1.165) is 19.4 Å². The van der Waals surface area contributed by atoms with Crippen LogP contribution in [0, 0.1) is 5.92 Å². The van der Waals surface area contributed by atoms with Crippen molar-refractivity contribution < 1.29 is 19.1 Å². The number of anilines is 1. The fourth-order valence-corrected chi connectivity index (χ4v) is 3.72. The van der Waals surface area contributed by atoms with Gasteiger partial charge in [0.1, 0.15) is 11.5 Å². The van der Waals surface area contributed by atoms with Gasteiger partial charge in [-0.1, -0.05) is 0 Å². The molecule has 3 rings (SSSR count). The summed E-state index contributed by atoms with van der Waals surface area (Å²) in [6.45, 7) is 1.58. The van der Waals surface area contributed by atoms with E-state index in [9.17, 15) is 9.59 Å². The van der Waals surface area contributed by atoms with E-state index >= 15 is 0 Å². The predicted octanol–water partition coefficient (Wildman–Crippen LogP) is 1.43. The Hall–Kier alpha value is -1.99. The zero-order chi connectivity index (χ0) is 18.0. The second kappa shape index (κ2) is 8.60. The minimum absolute atomic E-state index is 0. The van der Waals surface area contributed by atoms with E-state index in [-0.39, 0.29) is 42.6 Å². The van der Waals surface area contributed by atoms with E-state index in [1.807, 2.05) is 4.90 Å². The van der Waals surface area contributed by atoms with Crippen molar-refractivity contribution in [3.8, 4) is 11.5 Å². The Labute approximate surface area is 159 Å². The van der Waals surface area contributed by atoms with Crippen LogP contribution in [0.15, 0.2) is 18.2 Å². The first-order chi connectivity index (χ1) is 12.1. The normalized spacial score (nSPS) is 22.3. The number of carbonyl (C=O) groups is 2. The number of halogens is 1. The smallest absolute Gasteiger partial charge is 0.228 e. The van der Waals surface area contributed by atoms with Crippen molar-refractivity contribution in [1.82, 2.24) is 4.90 Å². The number of hydrogen-bond donors (Lipinski definition) is 1. The van der Waals surface area contributed by atoms with Crippen LogP contribution in [0.4, 0.5) is 5.69 Å². The third kappa shape index (κ3) is 3.73. The summed E-state index contributed by atoms with van der Waals surface area (Å²) >= 11 is 0. The summed E-state index contributed by atoms with van der Waals surface area (Å²) in [6, 6.07) is 5.42. The highest BCUT2D eigenvalue weighted by atomic mass is 35.5. The summed E-state index contributed by atoms with van der Waals surface area (Å²) in [5.41, 5.74) is 6.44. The number of amides is 2. The molecule has 0 radical (unpaired) electrons. The zero-order valence-corrected chi connectivity index (χ0v) is 16.0. The minimum atomic E-state index is -0.327. The maximum absolute atomic E-state index is 12.8. The Kier molecular flexibility index (Phi) is 6.72. The summed E-state index contributed by atoms with van der Waals surface area (Å²) < 4.78 is 10.6. The first-order valence-electron chi connectivity index (χ1n) is 8.62. The molecule has 2 unspecified atom stereocenters. The van der Waals surface area contributed by atoms with Crippen molar-refractivity contribution in [2.75, 3.05) is 38.8 Å². The van der Waals surface area contributed by atoms with E-state index in [2.05, 4.69) is 0 Å². The molecular weight excluding hydrogens is 358 g/mol. The average molecular weight is 384 g/mol. The van der Waals surface area contributed by atoms with Crippen LogP contribution in [-0.2, 0) is 9.59 Å². The summed E-state index contributed by atoms with van der Waals surface area (Å²) in [7, 11) is 3.13. The molecule has 0 aromatic heterocycles. The van der Waals surface area contributed by atoms with E-state index in [1.54, 1.807) is 37.3 Å². The van der Waals surface area contributed by atoms with Gasteiger partial charge in [0.25, 0.3) is 0 Å².